The molecule has 21 heavy (non-hydrogen) atoms. The molecule has 0 aromatic heterocycles. The summed E-state index contributed by atoms with van der Waals surface area (Å²) >= 11 is 0. The minimum atomic E-state index is -0.581. The zero-order chi connectivity index (χ0) is 15.1. The van der Waals surface area contributed by atoms with Gasteiger partial charge in [0.15, 0.2) is 5.79 Å². The maximum Gasteiger partial charge on any atom is 0.163 e. The summed E-state index contributed by atoms with van der Waals surface area (Å²) in [5.74, 6) is -0.581. The van der Waals surface area contributed by atoms with E-state index in [1.807, 2.05) is 32.0 Å². The van der Waals surface area contributed by atoms with E-state index in [2.05, 4.69) is 12.1 Å². The van der Waals surface area contributed by atoms with E-state index in [0.717, 1.165) is 12.8 Å². The maximum atomic E-state index is 9.07. The molecule has 4 nitrogen and oxygen atoms in total. The van der Waals surface area contributed by atoms with E-state index < -0.39 is 5.79 Å². The van der Waals surface area contributed by atoms with E-state index in [0.29, 0.717) is 19.6 Å². The van der Waals surface area contributed by atoms with Gasteiger partial charge < -0.3 is 19.3 Å². The second-order valence-electron chi connectivity index (χ2n) is 5.95. The van der Waals surface area contributed by atoms with Gasteiger partial charge in [-0.2, -0.15) is 0 Å². The minimum absolute atomic E-state index is 0.0675. The van der Waals surface area contributed by atoms with Crippen molar-refractivity contribution in [2.24, 2.45) is 0 Å². The Kier molecular flexibility index (Phi) is 6.18. The molecule has 118 valence electrons. The van der Waals surface area contributed by atoms with E-state index in [1.54, 1.807) is 0 Å². The van der Waals surface area contributed by atoms with Crippen molar-refractivity contribution in [1.29, 1.82) is 0 Å². The Hall–Kier alpha value is -0.940. The minimum Gasteiger partial charge on any atom is -0.396 e. The van der Waals surface area contributed by atoms with Gasteiger partial charge in [-0.05, 0) is 32.3 Å². The Balaban J connectivity index is 1.71. The fourth-order valence-electron chi connectivity index (χ4n) is 2.70. The van der Waals surface area contributed by atoms with Crippen LogP contribution in [-0.2, 0) is 20.8 Å². The third kappa shape index (κ3) is 5.75. The SMILES string of the molecule is CC1(C)OC(CCOCc2ccccc2)C[C@H](CCO)O1. The molecule has 1 unspecified atom stereocenters. The Morgan fingerprint density at radius 2 is 1.81 bits per heavy atom. The third-order valence-corrected chi connectivity index (χ3v) is 3.57. The van der Waals surface area contributed by atoms with E-state index in [1.165, 1.54) is 5.56 Å². The Morgan fingerprint density at radius 3 is 2.48 bits per heavy atom. The van der Waals surface area contributed by atoms with E-state index in [9.17, 15) is 0 Å². The lowest BCUT2D eigenvalue weighted by Gasteiger charge is -2.40. The molecule has 0 saturated carbocycles. The molecule has 1 aromatic rings. The highest BCUT2D eigenvalue weighted by molar-refractivity contribution is 5.13. The van der Waals surface area contributed by atoms with Crippen LogP contribution in [0.2, 0.25) is 0 Å². The van der Waals surface area contributed by atoms with E-state index in [-0.39, 0.29) is 18.8 Å². The number of aliphatic hydroxyl groups excluding tert-OH is 1. The first-order valence-electron chi connectivity index (χ1n) is 7.67. The molecule has 0 spiro atoms. The predicted molar refractivity (Wildman–Crippen MR) is 80.9 cm³/mol. The third-order valence-electron chi connectivity index (χ3n) is 3.57. The maximum absolute atomic E-state index is 9.07. The highest BCUT2D eigenvalue weighted by Crippen LogP contribution is 2.29. The van der Waals surface area contributed by atoms with Crippen molar-refractivity contribution >= 4 is 0 Å². The molecular formula is C17H26O4. The summed E-state index contributed by atoms with van der Waals surface area (Å²) in [5.41, 5.74) is 1.18. The number of ether oxygens (including phenoxy) is 3. The second kappa shape index (κ2) is 7.90. The van der Waals surface area contributed by atoms with Crippen LogP contribution in [0.1, 0.15) is 38.7 Å². The lowest BCUT2D eigenvalue weighted by atomic mass is 10.0. The van der Waals surface area contributed by atoms with Crippen LogP contribution in [0, 0.1) is 0 Å². The van der Waals surface area contributed by atoms with Crippen LogP contribution in [0.3, 0.4) is 0 Å². The van der Waals surface area contributed by atoms with Crippen LogP contribution in [0.5, 0.6) is 0 Å². The van der Waals surface area contributed by atoms with Crippen molar-refractivity contribution < 1.29 is 19.3 Å². The summed E-state index contributed by atoms with van der Waals surface area (Å²) in [5, 5.41) is 9.07. The van der Waals surface area contributed by atoms with Gasteiger partial charge in [-0.25, -0.2) is 0 Å². The number of rotatable bonds is 7. The number of hydrogen-bond donors (Lipinski definition) is 1. The molecule has 1 N–H and O–H groups in total. The average Bonchev–Trinajstić information content (AvgIpc) is 2.43. The number of hydrogen-bond acceptors (Lipinski definition) is 4. The van der Waals surface area contributed by atoms with Gasteiger partial charge in [0.25, 0.3) is 0 Å². The van der Waals surface area contributed by atoms with E-state index in [4.69, 9.17) is 19.3 Å². The van der Waals surface area contributed by atoms with Gasteiger partial charge >= 0.3 is 0 Å². The van der Waals surface area contributed by atoms with Gasteiger partial charge in [-0.15, -0.1) is 0 Å². The summed E-state index contributed by atoms with van der Waals surface area (Å²) in [4.78, 5) is 0. The highest BCUT2D eigenvalue weighted by atomic mass is 16.7. The first-order valence-corrected chi connectivity index (χ1v) is 7.67. The summed E-state index contributed by atoms with van der Waals surface area (Å²) < 4.78 is 17.4. The van der Waals surface area contributed by atoms with Gasteiger partial charge in [0.05, 0.1) is 18.8 Å². The van der Waals surface area contributed by atoms with Crippen LogP contribution < -0.4 is 0 Å². The van der Waals surface area contributed by atoms with Crippen LogP contribution in [0.25, 0.3) is 0 Å². The molecule has 1 aromatic carbocycles. The molecule has 1 fully saturated rings. The van der Waals surface area contributed by atoms with Crippen molar-refractivity contribution in [2.75, 3.05) is 13.2 Å². The zero-order valence-corrected chi connectivity index (χ0v) is 13.0. The Labute approximate surface area is 127 Å². The molecule has 0 bridgehead atoms. The first kappa shape index (κ1) is 16.4. The van der Waals surface area contributed by atoms with Crippen LogP contribution in [0.4, 0.5) is 0 Å². The fraction of sp³-hybridized carbons (Fsp3) is 0.647. The zero-order valence-electron chi connectivity index (χ0n) is 13.0. The number of aliphatic hydroxyl groups is 1. The van der Waals surface area contributed by atoms with Crippen molar-refractivity contribution in [2.45, 2.75) is 57.7 Å². The molecule has 0 aliphatic carbocycles. The first-order chi connectivity index (χ1) is 10.1. The van der Waals surface area contributed by atoms with Crippen molar-refractivity contribution in [3.05, 3.63) is 35.9 Å². The fourth-order valence-corrected chi connectivity index (χ4v) is 2.70. The summed E-state index contributed by atoms with van der Waals surface area (Å²) in [7, 11) is 0. The van der Waals surface area contributed by atoms with Gasteiger partial charge in [0, 0.05) is 19.6 Å². The molecule has 1 aliphatic rings. The largest absolute Gasteiger partial charge is 0.396 e. The predicted octanol–water partition coefficient (Wildman–Crippen LogP) is 2.89. The molecule has 1 aliphatic heterocycles. The lowest BCUT2D eigenvalue weighted by Crippen LogP contribution is -2.45. The van der Waals surface area contributed by atoms with Crippen LogP contribution >= 0.6 is 0 Å². The lowest BCUT2D eigenvalue weighted by molar-refractivity contribution is -0.302. The molecular weight excluding hydrogens is 268 g/mol. The molecule has 2 atom stereocenters. The molecule has 0 amide bonds. The Bertz CT molecular complexity index is 405. The second-order valence-corrected chi connectivity index (χ2v) is 5.95. The smallest absolute Gasteiger partial charge is 0.163 e. The van der Waals surface area contributed by atoms with Crippen LogP contribution in [-0.4, -0.2) is 36.3 Å². The molecule has 2 rings (SSSR count). The topological polar surface area (TPSA) is 47.9 Å². The molecule has 0 radical (unpaired) electrons. The summed E-state index contributed by atoms with van der Waals surface area (Å²) in [6, 6.07) is 10.2. The Morgan fingerprint density at radius 1 is 1.14 bits per heavy atom. The van der Waals surface area contributed by atoms with Crippen LogP contribution in [0.15, 0.2) is 30.3 Å². The van der Waals surface area contributed by atoms with E-state index >= 15 is 0 Å². The molecule has 4 heteroatoms. The standard InChI is InChI=1S/C17H26O4/c1-17(2)20-15(8-10-18)12-16(21-17)9-11-19-13-14-6-4-3-5-7-14/h3-7,15-16,18H,8-13H2,1-2H3/t15-,16?/m0/s1. The molecule has 1 heterocycles. The normalized spacial score (nSPS) is 24.9. The summed E-state index contributed by atoms with van der Waals surface area (Å²) in [6.45, 7) is 5.30. The monoisotopic (exact) mass is 294 g/mol. The van der Waals surface area contributed by atoms with Gasteiger partial charge in [0.1, 0.15) is 0 Å². The average molecular weight is 294 g/mol. The highest BCUT2D eigenvalue weighted by Gasteiger charge is 2.34. The van der Waals surface area contributed by atoms with Crippen molar-refractivity contribution in [1.82, 2.24) is 0 Å². The van der Waals surface area contributed by atoms with Crippen molar-refractivity contribution in [3.8, 4) is 0 Å². The van der Waals surface area contributed by atoms with Gasteiger partial charge in [-0.3, -0.25) is 0 Å². The van der Waals surface area contributed by atoms with Gasteiger partial charge in [0.2, 0.25) is 0 Å². The number of benzene rings is 1. The van der Waals surface area contributed by atoms with Gasteiger partial charge in [-0.1, -0.05) is 30.3 Å². The summed E-state index contributed by atoms with van der Waals surface area (Å²) in [6.07, 6.45) is 2.52. The molecule has 1 saturated heterocycles. The van der Waals surface area contributed by atoms with Crippen molar-refractivity contribution in [3.63, 3.8) is 0 Å². The quantitative estimate of drug-likeness (QED) is 0.786.